The van der Waals surface area contributed by atoms with E-state index < -0.39 is 0 Å². The third-order valence-electron chi connectivity index (χ3n) is 5.48. The molecule has 3 heteroatoms. The fourth-order valence-electron chi connectivity index (χ4n) is 4.05. The van der Waals surface area contributed by atoms with Crippen LogP contribution in [0.5, 0.6) is 0 Å². The molecule has 1 unspecified atom stereocenters. The number of rotatable bonds is 6. The zero-order chi connectivity index (χ0) is 14.5. The van der Waals surface area contributed by atoms with E-state index in [-0.39, 0.29) is 0 Å². The maximum Gasteiger partial charge on any atom is 0.0443 e. The molecule has 1 saturated carbocycles. The largest absolute Gasteiger partial charge is 0.309 e. The van der Waals surface area contributed by atoms with E-state index in [9.17, 15) is 0 Å². The summed E-state index contributed by atoms with van der Waals surface area (Å²) in [5.74, 6) is 1.82. The van der Waals surface area contributed by atoms with Crippen molar-refractivity contribution in [1.82, 2.24) is 10.2 Å². The standard InChI is InChI=1S/C18H30N2S/c1-20-12-9-15(10-13-20)8-11-19-18(16-5-2-3-6-16)17-7-4-14-21-17/h4,7,14-16,18-19H,2-3,5-6,8-13H2,1H3. The lowest BCUT2D eigenvalue weighted by molar-refractivity contribution is 0.208. The van der Waals surface area contributed by atoms with Crippen LogP contribution in [0, 0.1) is 11.8 Å². The van der Waals surface area contributed by atoms with Crippen molar-refractivity contribution in [1.29, 1.82) is 0 Å². The average Bonchev–Trinajstić information content (AvgIpc) is 3.19. The monoisotopic (exact) mass is 306 g/mol. The Balaban J connectivity index is 1.48. The van der Waals surface area contributed by atoms with Gasteiger partial charge in [0.15, 0.2) is 0 Å². The van der Waals surface area contributed by atoms with Crippen LogP contribution in [0.1, 0.15) is 55.9 Å². The van der Waals surface area contributed by atoms with Gasteiger partial charge in [-0.25, -0.2) is 0 Å². The third-order valence-corrected chi connectivity index (χ3v) is 6.43. The molecule has 1 N–H and O–H groups in total. The smallest absolute Gasteiger partial charge is 0.0443 e. The summed E-state index contributed by atoms with van der Waals surface area (Å²) in [4.78, 5) is 4.03. The lowest BCUT2D eigenvalue weighted by Crippen LogP contribution is -2.33. The van der Waals surface area contributed by atoms with Gasteiger partial charge >= 0.3 is 0 Å². The number of hydrogen-bond acceptors (Lipinski definition) is 3. The first-order chi connectivity index (χ1) is 10.3. The molecule has 3 rings (SSSR count). The Bertz CT molecular complexity index is 389. The number of hydrogen-bond donors (Lipinski definition) is 1. The molecule has 2 aliphatic rings. The third kappa shape index (κ3) is 4.30. The van der Waals surface area contributed by atoms with Gasteiger partial charge in [0.05, 0.1) is 0 Å². The topological polar surface area (TPSA) is 15.3 Å². The summed E-state index contributed by atoms with van der Waals surface area (Å²) >= 11 is 1.94. The molecule has 0 aromatic carbocycles. The van der Waals surface area contributed by atoms with Crippen LogP contribution in [-0.2, 0) is 0 Å². The molecule has 1 aromatic heterocycles. The summed E-state index contributed by atoms with van der Waals surface area (Å²) in [5, 5.41) is 6.15. The Morgan fingerprint density at radius 2 is 2.00 bits per heavy atom. The van der Waals surface area contributed by atoms with Crippen molar-refractivity contribution in [3.63, 3.8) is 0 Å². The normalized spacial score (nSPS) is 23.7. The van der Waals surface area contributed by atoms with E-state index in [2.05, 4.69) is 34.8 Å². The summed E-state index contributed by atoms with van der Waals surface area (Å²) in [5.41, 5.74) is 0. The molecule has 1 saturated heterocycles. The highest BCUT2D eigenvalue weighted by Crippen LogP contribution is 2.37. The predicted molar refractivity (Wildman–Crippen MR) is 91.9 cm³/mol. The maximum atomic E-state index is 3.92. The van der Waals surface area contributed by atoms with Crippen LogP contribution >= 0.6 is 11.3 Å². The van der Waals surface area contributed by atoms with Gasteiger partial charge < -0.3 is 10.2 Å². The van der Waals surface area contributed by atoms with Crippen LogP contribution in [0.4, 0.5) is 0 Å². The van der Waals surface area contributed by atoms with Crippen LogP contribution in [0.15, 0.2) is 17.5 Å². The van der Waals surface area contributed by atoms with Crippen molar-refractivity contribution in [2.45, 2.75) is 51.0 Å². The first-order valence-electron chi connectivity index (χ1n) is 8.78. The van der Waals surface area contributed by atoms with E-state index in [4.69, 9.17) is 0 Å². The second-order valence-corrected chi connectivity index (χ2v) is 8.01. The van der Waals surface area contributed by atoms with Crippen molar-refractivity contribution in [3.8, 4) is 0 Å². The van der Waals surface area contributed by atoms with Crippen LogP contribution < -0.4 is 5.32 Å². The van der Waals surface area contributed by atoms with E-state index in [1.807, 2.05) is 11.3 Å². The lowest BCUT2D eigenvalue weighted by atomic mass is 9.92. The molecule has 1 aliphatic carbocycles. The fraction of sp³-hybridized carbons (Fsp3) is 0.778. The van der Waals surface area contributed by atoms with Crippen molar-refractivity contribution in [3.05, 3.63) is 22.4 Å². The summed E-state index contributed by atoms with van der Waals surface area (Å²) in [7, 11) is 2.25. The molecule has 0 bridgehead atoms. The number of piperidine rings is 1. The highest BCUT2D eigenvalue weighted by molar-refractivity contribution is 7.10. The molecule has 0 spiro atoms. The molecule has 1 aromatic rings. The van der Waals surface area contributed by atoms with Gasteiger partial charge in [0.25, 0.3) is 0 Å². The van der Waals surface area contributed by atoms with Crippen molar-refractivity contribution in [2.24, 2.45) is 11.8 Å². The van der Waals surface area contributed by atoms with E-state index in [1.165, 1.54) is 64.6 Å². The van der Waals surface area contributed by atoms with Crippen molar-refractivity contribution in [2.75, 3.05) is 26.7 Å². The Labute approximate surface area is 133 Å². The van der Waals surface area contributed by atoms with E-state index in [1.54, 1.807) is 4.88 Å². The van der Waals surface area contributed by atoms with Gasteiger partial charge in [-0.2, -0.15) is 0 Å². The molecular weight excluding hydrogens is 276 g/mol. The van der Waals surface area contributed by atoms with Crippen molar-refractivity contribution < 1.29 is 0 Å². The van der Waals surface area contributed by atoms with Crippen molar-refractivity contribution >= 4 is 11.3 Å². The second kappa shape index (κ2) is 7.75. The van der Waals surface area contributed by atoms with Gasteiger partial charge in [-0.15, -0.1) is 11.3 Å². The van der Waals surface area contributed by atoms with Gasteiger partial charge in [-0.3, -0.25) is 0 Å². The minimum absolute atomic E-state index is 0.624. The van der Waals surface area contributed by atoms with Crippen LogP contribution in [0.3, 0.4) is 0 Å². The quantitative estimate of drug-likeness (QED) is 0.843. The minimum atomic E-state index is 0.624. The predicted octanol–water partition coefficient (Wildman–Crippen LogP) is 4.30. The molecule has 0 amide bonds. The molecule has 0 radical (unpaired) electrons. The van der Waals surface area contributed by atoms with Crippen LogP contribution in [0.2, 0.25) is 0 Å². The molecular formula is C18H30N2S. The molecule has 2 fully saturated rings. The SMILES string of the molecule is CN1CCC(CCNC(c2cccs2)C2CCCC2)CC1. The second-order valence-electron chi connectivity index (χ2n) is 7.03. The first kappa shape index (κ1) is 15.5. The van der Waals surface area contributed by atoms with E-state index in [0.717, 1.165) is 11.8 Å². The van der Waals surface area contributed by atoms with Gasteiger partial charge in [-0.05, 0) is 82.1 Å². The molecule has 118 valence electrons. The molecule has 2 heterocycles. The molecule has 2 nitrogen and oxygen atoms in total. The van der Waals surface area contributed by atoms with Gasteiger partial charge in [0.2, 0.25) is 0 Å². The fourth-order valence-corrected chi connectivity index (χ4v) is 4.95. The highest BCUT2D eigenvalue weighted by Gasteiger charge is 2.27. The molecule has 1 aliphatic heterocycles. The molecule has 21 heavy (non-hydrogen) atoms. The van der Waals surface area contributed by atoms with Gasteiger partial charge in [-0.1, -0.05) is 18.9 Å². The summed E-state index contributed by atoms with van der Waals surface area (Å²) in [6.07, 6.45) is 9.86. The number of likely N-dealkylation sites (tertiary alicyclic amines) is 1. The summed E-state index contributed by atoms with van der Waals surface area (Å²) in [6.45, 7) is 3.79. The Morgan fingerprint density at radius 3 is 2.67 bits per heavy atom. The zero-order valence-electron chi connectivity index (χ0n) is 13.4. The van der Waals surface area contributed by atoms with Gasteiger partial charge in [0.1, 0.15) is 0 Å². The summed E-state index contributed by atoms with van der Waals surface area (Å²) in [6, 6.07) is 5.16. The first-order valence-corrected chi connectivity index (χ1v) is 9.66. The number of nitrogens with zero attached hydrogens (tertiary/aromatic N) is 1. The van der Waals surface area contributed by atoms with Crippen LogP contribution in [-0.4, -0.2) is 31.6 Å². The van der Waals surface area contributed by atoms with Crippen LogP contribution in [0.25, 0.3) is 0 Å². The minimum Gasteiger partial charge on any atom is -0.309 e. The molecule has 1 atom stereocenters. The number of thiophene rings is 1. The Kier molecular flexibility index (Phi) is 5.73. The zero-order valence-corrected chi connectivity index (χ0v) is 14.2. The number of nitrogens with one attached hydrogen (secondary N) is 1. The van der Waals surface area contributed by atoms with E-state index >= 15 is 0 Å². The highest BCUT2D eigenvalue weighted by atomic mass is 32.1. The Hall–Kier alpha value is -0.380. The summed E-state index contributed by atoms with van der Waals surface area (Å²) < 4.78 is 0. The maximum absolute atomic E-state index is 3.92. The average molecular weight is 307 g/mol. The van der Waals surface area contributed by atoms with E-state index in [0.29, 0.717) is 6.04 Å². The lowest BCUT2D eigenvalue weighted by Gasteiger charge is -2.30. The van der Waals surface area contributed by atoms with Gasteiger partial charge in [0, 0.05) is 10.9 Å². The Morgan fingerprint density at radius 1 is 1.24 bits per heavy atom.